The molecule has 1 aliphatic heterocycles. The lowest BCUT2D eigenvalue weighted by molar-refractivity contribution is -0.137. The molecule has 0 amide bonds. The van der Waals surface area contributed by atoms with Crippen LogP contribution in [0.25, 0.3) is 0 Å². The van der Waals surface area contributed by atoms with Crippen LogP contribution in [-0.2, 0) is 4.79 Å². The molecule has 0 aromatic heterocycles. The second-order valence-electron chi connectivity index (χ2n) is 3.79. The second kappa shape index (κ2) is 4.00. The molecule has 1 aromatic rings. The highest BCUT2D eigenvalue weighted by Crippen LogP contribution is 2.33. The van der Waals surface area contributed by atoms with Crippen molar-refractivity contribution in [1.29, 1.82) is 0 Å². The summed E-state index contributed by atoms with van der Waals surface area (Å²) in [6, 6.07) is 4.03. The van der Waals surface area contributed by atoms with Crippen LogP contribution in [0.4, 0.5) is 10.1 Å². The predicted molar refractivity (Wildman–Crippen MR) is 56.3 cm³/mol. The summed E-state index contributed by atoms with van der Waals surface area (Å²) >= 11 is 0. The normalized spacial score (nSPS) is 18.9. The molecule has 0 saturated carbocycles. The molecule has 16 heavy (non-hydrogen) atoms. The molecule has 0 radical (unpaired) electrons. The van der Waals surface area contributed by atoms with E-state index >= 15 is 0 Å². The third kappa shape index (κ3) is 1.93. The van der Waals surface area contributed by atoms with E-state index in [9.17, 15) is 9.18 Å². The molecular weight excluding hydrogens is 213 g/mol. The highest BCUT2D eigenvalue weighted by molar-refractivity contribution is 5.70. The summed E-state index contributed by atoms with van der Waals surface area (Å²) in [5, 5.41) is 8.73. The van der Waals surface area contributed by atoms with Crippen molar-refractivity contribution in [3.8, 4) is 5.75 Å². The molecule has 1 heterocycles. The first kappa shape index (κ1) is 10.7. The fourth-order valence-corrected chi connectivity index (χ4v) is 1.79. The van der Waals surface area contributed by atoms with Gasteiger partial charge in [-0.3, -0.25) is 4.79 Å². The van der Waals surface area contributed by atoms with Gasteiger partial charge in [0, 0.05) is 13.1 Å². The number of ether oxygens (including phenoxy) is 1. The van der Waals surface area contributed by atoms with Crippen molar-refractivity contribution in [1.82, 2.24) is 0 Å². The predicted octanol–water partition coefficient (Wildman–Crippen LogP) is 1.50. The van der Waals surface area contributed by atoms with Crippen LogP contribution in [0.5, 0.6) is 5.75 Å². The molecule has 0 aliphatic carbocycles. The zero-order valence-electron chi connectivity index (χ0n) is 8.81. The Bertz CT molecular complexity index is 422. The molecule has 2 rings (SSSR count). The van der Waals surface area contributed by atoms with E-state index in [1.54, 1.807) is 13.1 Å². The van der Waals surface area contributed by atoms with Crippen molar-refractivity contribution in [3.63, 3.8) is 0 Å². The van der Waals surface area contributed by atoms with Gasteiger partial charge in [-0.1, -0.05) is 0 Å². The fraction of sp³-hybridized carbons (Fsp3) is 0.364. The summed E-state index contributed by atoms with van der Waals surface area (Å²) in [6.07, 6.45) is 0.00726. The summed E-state index contributed by atoms with van der Waals surface area (Å²) < 4.78 is 18.3. The third-order valence-corrected chi connectivity index (χ3v) is 2.69. The van der Waals surface area contributed by atoms with Gasteiger partial charge in [-0.2, -0.15) is 0 Å². The highest BCUT2D eigenvalue weighted by Gasteiger charge is 2.26. The minimum absolute atomic E-state index is 0.00726. The zero-order chi connectivity index (χ0) is 11.7. The summed E-state index contributed by atoms with van der Waals surface area (Å²) in [5.41, 5.74) is 0.721. The number of benzene rings is 1. The van der Waals surface area contributed by atoms with Gasteiger partial charge in [0.25, 0.3) is 0 Å². The van der Waals surface area contributed by atoms with E-state index in [1.165, 1.54) is 12.1 Å². The maximum absolute atomic E-state index is 12.9. The number of hydrogen-bond donors (Lipinski definition) is 1. The molecule has 0 fully saturated rings. The number of carbonyl (C=O) groups is 1. The van der Waals surface area contributed by atoms with E-state index in [-0.39, 0.29) is 24.9 Å². The number of likely N-dealkylation sites (N-methyl/N-ethyl adjacent to an activating group) is 1. The number of carboxylic acid groups (broad SMARTS) is 1. The Labute approximate surface area is 92.2 Å². The van der Waals surface area contributed by atoms with E-state index in [0.717, 1.165) is 5.69 Å². The summed E-state index contributed by atoms with van der Waals surface area (Å²) in [6.45, 7) is 0.263. The maximum atomic E-state index is 12.9. The van der Waals surface area contributed by atoms with Gasteiger partial charge in [0.05, 0.1) is 18.2 Å². The molecule has 1 atom stereocenters. The van der Waals surface area contributed by atoms with E-state index in [1.807, 2.05) is 4.90 Å². The van der Waals surface area contributed by atoms with Crippen molar-refractivity contribution in [2.75, 3.05) is 18.6 Å². The molecule has 1 N–H and O–H groups in total. The van der Waals surface area contributed by atoms with Crippen LogP contribution in [-0.4, -0.2) is 30.8 Å². The fourth-order valence-electron chi connectivity index (χ4n) is 1.79. The topological polar surface area (TPSA) is 49.8 Å². The van der Waals surface area contributed by atoms with Gasteiger partial charge in [0.15, 0.2) is 0 Å². The lowest BCUT2D eigenvalue weighted by Crippen LogP contribution is -2.41. The van der Waals surface area contributed by atoms with E-state index in [0.29, 0.717) is 5.75 Å². The molecule has 0 spiro atoms. The number of halogens is 1. The van der Waals surface area contributed by atoms with E-state index in [2.05, 4.69) is 0 Å². The Morgan fingerprint density at radius 2 is 2.44 bits per heavy atom. The van der Waals surface area contributed by atoms with Crippen LogP contribution in [0, 0.1) is 5.82 Å². The van der Waals surface area contributed by atoms with Crippen molar-refractivity contribution in [2.24, 2.45) is 0 Å². The van der Waals surface area contributed by atoms with Gasteiger partial charge in [-0.25, -0.2) is 4.39 Å². The third-order valence-electron chi connectivity index (χ3n) is 2.69. The zero-order valence-corrected chi connectivity index (χ0v) is 8.81. The second-order valence-corrected chi connectivity index (χ2v) is 3.79. The Morgan fingerprint density at radius 1 is 1.69 bits per heavy atom. The molecule has 0 bridgehead atoms. The number of hydrogen-bond acceptors (Lipinski definition) is 3. The maximum Gasteiger partial charge on any atom is 0.305 e. The summed E-state index contributed by atoms with van der Waals surface area (Å²) in [4.78, 5) is 12.4. The standard InChI is InChI=1S/C11H12FNO3/c1-13-8(5-11(14)15)6-16-10-4-7(12)2-3-9(10)13/h2-4,8H,5-6H2,1H3,(H,14,15). The van der Waals surface area contributed by atoms with Crippen molar-refractivity contribution in [3.05, 3.63) is 24.0 Å². The van der Waals surface area contributed by atoms with Crippen LogP contribution in [0.3, 0.4) is 0 Å². The van der Waals surface area contributed by atoms with Gasteiger partial charge in [0.2, 0.25) is 0 Å². The van der Waals surface area contributed by atoms with Gasteiger partial charge in [-0.15, -0.1) is 0 Å². The van der Waals surface area contributed by atoms with Crippen LogP contribution in [0.15, 0.2) is 18.2 Å². The minimum atomic E-state index is -0.869. The molecular formula is C11H12FNO3. The van der Waals surface area contributed by atoms with Crippen LogP contribution < -0.4 is 9.64 Å². The first-order valence-electron chi connectivity index (χ1n) is 4.95. The molecule has 1 unspecified atom stereocenters. The average molecular weight is 225 g/mol. The Balaban J connectivity index is 2.25. The number of aliphatic carboxylic acids is 1. The van der Waals surface area contributed by atoms with E-state index < -0.39 is 5.97 Å². The Hall–Kier alpha value is -1.78. The lowest BCUT2D eigenvalue weighted by Gasteiger charge is -2.34. The first-order chi connectivity index (χ1) is 7.58. The smallest absolute Gasteiger partial charge is 0.305 e. The van der Waals surface area contributed by atoms with Crippen molar-refractivity contribution < 1.29 is 19.0 Å². The Kier molecular flexibility index (Phi) is 2.68. The van der Waals surface area contributed by atoms with Crippen molar-refractivity contribution >= 4 is 11.7 Å². The number of rotatable bonds is 2. The molecule has 4 nitrogen and oxygen atoms in total. The van der Waals surface area contributed by atoms with Crippen molar-refractivity contribution in [2.45, 2.75) is 12.5 Å². The number of nitrogens with zero attached hydrogens (tertiary/aromatic N) is 1. The quantitative estimate of drug-likeness (QED) is 0.828. The molecule has 0 saturated heterocycles. The molecule has 1 aromatic carbocycles. The van der Waals surface area contributed by atoms with Gasteiger partial charge < -0.3 is 14.7 Å². The van der Waals surface area contributed by atoms with Gasteiger partial charge in [-0.05, 0) is 12.1 Å². The van der Waals surface area contributed by atoms with Crippen LogP contribution in [0.2, 0.25) is 0 Å². The Morgan fingerprint density at radius 3 is 3.12 bits per heavy atom. The first-order valence-corrected chi connectivity index (χ1v) is 4.95. The van der Waals surface area contributed by atoms with Crippen LogP contribution in [0.1, 0.15) is 6.42 Å². The van der Waals surface area contributed by atoms with Gasteiger partial charge in [0.1, 0.15) is 18.2 Å². The monoisotopic (exact) mass is 225 g/mol. The highest BCUT2D eigenvalue weighted by atomic mass is 19.1. The van der Waals surface area contributed by atoms with Crippen LogP contribution >= 0.6 is 0 Å². The number of anilines is 1. The van der Waals surface area contributed by atoms with Gasteiger partial charge >= 0.3 is 5.97 Å². The summed E-state index contributed by atoms with van der Waals surface area (Å²) in [7, 11) is 1.78. The minimum Gasteiger partial charge on any atom is -0.489 e. The summed E-state index contributed by atoms with van der Waals surface area (Å²) in [5.74, 6) is -0.765. The van der Waals surface area contributed by atoms with E-state index in [4.69, 9.17) is 9.84 Å². The SMILES string of the molecule is CN1c2ccc(F)cc2OCC1CC(=O)O. The molecule has 5 heteroatoms. The average Bonchev–Trinajstić information content (AvgIpc) is 2.22. The largest absolute Gasteiger partial charge is 0.489 e. The number of carboxylic acids is 1. The number of fused-ring (bicyclic) bond motifs is 1. The molecule has 86 valence electrons. The molecule has 1 aliphatic rings. The lowest BCUT2D eigenvalue weighted by atomic mass is 10.1.